The number of amides is 2. The average Bonchev–Trinajstić information content (AvgIpc) is 3.41. The molecule has 29 heavy (non-hydrogen) atoms. The molecule has 2 N–H and O–H groups in total. The molecule has 148 valence electrons. The molecule has 0 bridgehead atoms. The Morgan fingerprint density at radius 1 is 1.28 bits per heavy atom. The molecule has 0 aromatic carbocycles. The second-order valence-corrected chi connectivity index (χ2v) is 8.56. The number of likely N-dealkylation sites (tertiary alicyclic amines) is 1. The Kier molecular flexibility index (Phi) is 4.73. The molecule has 2 aromatic heterocycles. The average molecular weight is 407 g/mol. The van der Waals surface area contributed by atoms with Gasteiger partial charge in [0.2, 0.25) is 11.8 Å². The van der Waals surface area contributed by atoms with Gasteiger partial charge in [-0.25, -0.2) is 9.97 Å². The van der Waals surface area contributed by atoms with Gasteiger partial charge in [0.15, 0.2) is 0 Å². The molecule has 0 saturated carbocycles. The van der Waals surface area contributed by atoms with Crippen LogP contribution in [0, 0.1) is 11.8 Å². The lowest BCUT2D eigenvalue weighted by molar-refractivity contribution is -0.125. The zero-order valence-corrected chi connectivity index (χ0v) is 16.6. The van der Waals surface area contributed by atoms with Crippen molar-refractivity contribution in [3.05, 3.63) is 52.1 Å². The molecule has 4 heterocycles. The monoisotopic (exact) mass is 407 g/mol. The normalized spacial score (nSPS) is 23.5. The van der Waals surface area contributed by atoms with Gasteiger partial charge in [0.05, 0.1) is 6.54 Å². The van der Waals surface area contributed by atoms with Crippen LogP contribution in [0.4, 0.5) is 5.82 Å². The number of anilines is 1. The number of hydrogen-bond acceptors (Lipinski definition) is 6. The minimum atomic E-state index is -0.0960. The summed E-state index contributed by atoms with van der Waals surface area (Å²) < 4.78 is 0. The van der Waals surface area contributed by atoms with E-state index in [1.54, 1.807) is 29.7 Å². The number of rotatable bonds is 3. The van der Waals surface area contributed by atoms with Crippen LogP contribution in [-0.2, 0) is 16.1 Å². The number of fused-ring (bicyclic) bond motifs is 2. The van der Waals surface area contributed by atoms with Crippen LogP contribution in [0.2, 0.25) is 0 Å². The van der Waals surface area contributed by atoms with E-state index in [1.165, 1.54) is 5.57 Å². The second-order valence-electron chi connectivity index (χ2n) is 7.66. The summed E-state index contributed by atoms with van der Waals surface area (Å²) in [5.74, 6) is 1.44. The predicted octanol–water partition coefficient (Wildman–Crippen LogP) is 2.15. The standard InChI is InChI=1S/C21H21N5O2S/c27-18-10-22-9-15-5-13(8-24-20(15)25-18)1-2-19(28)26-11-16-6-14(7-17(16)12-26)21-23-3-4-29-21/h1-6,8,16-17,22H,7,9-12H2,(H,24,25,27)/b2-1+. The quantitative estimate of drug-likeness (QED) is 0.762. The summed E-state index contributed by atoms with van der Waals surface area (Å²) in [4.78, 5) is 34.9. The van der Waals surface area contributed by atoms with E-state index in [0.29, 0.717) is 24.2 Å². The number of pyridine rings is 1. The predicted molar refractivity (Wildman–Crippen MR) is 112 cm³/mol. The van der Waals surface area contributed by atoms with Crippen LogP contribution in [-0.4, -0.2) is 46.3 Å². The first kappa shape index (κ1) is 18.2. The van der Waals surface area contributed by atoms with E-state index in [9.17, 15) is 9.59 Å². The summed E-state index contributed by atoms with van der Waals surface area (Å²) in [6.07, 6.45) is 10.2. The first-order chi connectivity index (χ1) is 14.2. The highest BCUT2D eigenvalue weighted by Crippen LogP contribution is 2.41. The Bertz CT molecular complexity index is 1010. The number of hydrogen-bond donors (Lipinski definition) is 2. The van der Waals surface area contributed by atoms with Crippen molar-refractivity contribution in [2.75, 3.05) is 25.0 Å². The first-order valence-corrected chi connectivity index (χ1v) is 10.6. The summed E-state index contributed by atoms with van der Waals surface area (Å²) >= 11 is 1.68. The topological polar surface area (TPSA) is 87.2 Å². The van der Waals surface area contributed by atoms with E-state index in [4.69, 9.17) is 0 Å². The van der Waals surface area contributed by atoms with Crippen molar-refractivity contribution in [2.24, 2.45) is 11.8 Å². The molecule has 0 radical (unpaired) electrons. The maximum atomic E-state index is 12.7. The number of nitrogens with one attached hydrogen (secondary N) is 2. The van der Waals surface area contributed by atoms with Gasteiger partial charge >= 0.3 is 0 Å². The van der Waals surface area contributed by atoms with Gasteiger partial charge in [0, 0.05) is 49.0 Å². The fraction of sp³-hybridized carbons (Fsp3) is 0.333. The van der Waals surface area contributed by atoms with Gasteiger partial charge in [-0.3, -0.25) is 9.59 Å². The van der Waals surface area contributed by atoms with Crippen LogP contribution in [0.1, 0.15) is 22.6 Å². The van der Waals surface area contributed by atoms with E-state index in [-0.39, 0.29) is 18.4 Å². The lowest BCUT2D eigenvalue weighted by Crippen LogP contribution is -2.27. The van der Waals surface area contributed by atoms with Gasteiger partial charge in [-0.15, -0.1) is 11.3 Å². The van der Waals surface area contributed by atoms with Gasteiger partial charge in [0.25, 0.3) is 0 Å². The van der Waals surface area contributed by atoms with Crippen LogP contribution in [0.15, 0.2) is 36.0 Å². The second kappa shape index (κ2) is 7.53. The maximum Gasteiger partial charge on any atom is 0.246 e. The molecular formula is C21H21N5O2S. The van der Waals surface area contributed by atoms with E-state index < -0.39 is 0 Å². The summed E-state index contributed by atoms with van der Waals surface area (Å²) in [5, 5.41) is 8.96. The zero-order valence-electron chi connectivity index (χ0n) is 15.8. The summed E-state index contributed by atoms with van der Waals surface area (Å²) in [5.41, 5.74) is 3.09. The van der Waals surface area contributed by atoms with Crippen molar-refractivity contribution >= 4 is 40.6 Å². The molecule has 2 atom stereocenters. The molecule has 5 rings (SSSR count). The van der Waals surface area contributed by atoms with Gasteiger partial charge in [-0.05, 0) is 41.5 Å². The molecule has 1 fully saturated rings. The molecule has 0 spiro atoms. The summed E-state index contributed by atoms with van der Waals surface area (Å²) in [6, 6.07) is 1.95. The third-order valence-corrected chi connectivity index (χ3v) is 6.52. The number of thiazole rings is 1. The molecular weight excluding hydrogens is 386 g/mol. The third kappa shape index (κ3) is 3.73. The van der Waals surface area contributed by atoms with Crippen molar-refractivity contribution in [1.82, 2.24) is 20.2 Å². The smallest absolute Gasteiger partial charge is 0.246 e. The summed E-state index contributed by atoms with van der Waals surface area (Å²) in [6.45, 7) is 2.40. The number of aromatic nitrogens is 2. The minimum absolute atomic E-state index is 0.0324. The van der Waals surface area contributed by atoms with E-state index >= 15 is 0 Å². The van der Waals surface area contributed by atoms with Crippen LogP contribution < -0.4 is 10.6 Å². The molecule has 8 heteroatoms. The highest BCUT2D eigenvalue weighted by molar-refractivity contribution is 7.10. The van der Waals surface area contributed by atoms with Gasteiger partial charge in [-0.1, -0.05) is 6.08 Å². The van der Waals surface area contributed by atoms with Crippen LogP contribution in [0.25, 0.3) is 11.6 Å². The Labute approximate surface area is 172 Å². The molecule has 7 nitrogen and oxygen atoms in total. The molecule has 2 unspecified atom stereocenters. The molecule has 2 aliphatic heterocycles. The molecule has 2 aromatic rings. The lowest BCUT2D eigenvalue weighted by Gasteiger charge is -2.15. The van der Waals surface area contributed by atoms with Crippen molar-refractivity contribution in [3.63, 3.8) is 0 Å². The maximum absolute atomic E-state index is 12.7. The fourth-order valence-electron chi connectivity index (χ4n) is 4.26. The highest BCUT2D eigenvalue weighted by atomic mass is 32.1. The Balaban J connectivity index is 1.23. The summed E-state index contributed by atoms with van der Waals surface area (Å²) in [7, 11) is 0. The van der Waals surface area contributed by atoms with Gasteiger partial charge in [0.1, 0.15) is 10.8 Å². The highest BCUT2D eigenvalue weighted by Gasteiger charge is 2.38. The lowest BCUT2D eigenvalue weighted by atomic mass is 10.00. The number of nitrogens with zero attached hydrogens (tertiary/aromatic N) is 3. The molecule has 3 aliphatic rings. The first-order valence-electron chi connectivity index (χ1n) is 9.73. The van der Waals surface area contributed by atoms with Crippen molar-refractivity contribution in [2.45, 2.75) is 13.0 Å². The van der Waals surface area contributed by atoms with Gasteiger partial charge in [-0.2, -0.15) is 0 Å². The number of allylic oxidation sites excluding steroid dienone is 1. The zero-order chi connectivity index (χ0) is 19.8. The van der Waals surface area contributed by atoms with Crippen molar-refractivity contribution < 1.29 is 9.59 Å². The van der Waals surface area contributed by atoms with E-state index in [0.717, 1.165) is 35.6 Å². The third-order valence-electron chi connectivity index (χ3n) is 5.67. The number of carbonyl (C=O) groups is 2. The fourth-order valence-corrected chi connectivity index (χ4v) is 4.93. The Hall–Kier alpha value is -2.84. The molecule has 1 saturated heterocycles. The molecule has 2 amide bonds. The van der Waals surface area contributed by atoms with Crippen LogP contribution in [0.3, 0.4) is 0 Å². The van der Waals surface area contributed by atoms with Crippen LogP contribution >= 0.6 is 11.3 Å². The van der Waals surface area contributed by atoms with E-state index in [2.05, 4.69) is 26.7 Å². The van der Waals surface area contributed by atoms with E-state index in [1.807, 2.05) is 22.5 Å². The SMILES string of the molecule is O=C1CNCc2cc(/C=C/C(=O)N3CC4C=C(c5nccs5)CC4C3)cnc2N1. The van der Waals surface area contributed by atoms with Crippen LogP contribution in [0.5, 0.6) is 0 Å². The Morgan fingerprint density at radius 2 is 2.21 bits per heavy atom. The number of carbonyl (C=O) groups excluding carboxylic acids is 2. The van der Waals surface area contributed by atoms with Gasteiger partial charge < -0.3 is 15.5 Å². The molecule has 1 aliphatic carbocycles. The largest absolute Gasteiger partial charge is 0.338 e. The van der Waals surface area contributed by atoms with Crippen molar-refractivity contribution in [3.8, 4) is 0 Å². The minimum Gasteiger partial charge on any atom is -0.338 e. The Morgan fingerprint density at radius 3 is 3.03 bits per heavy atom. The van der Waals surface area contributed by atoms with Crippen molar-refractivity contribution in [1.29, 1.82) is 0 Å².